The first kappa shape index (κ1) is 23.4. The Morgan fingerprint density at radius 2 is 1.82 bits per heavy atom. The number of nitrogens with one attached hydrogen (secondary N) is 1. The summed E-state index contributed by atoms with van der Waals surface area (Å²) < 4.78 is 15.3. The highest BCUT2D eigenvalue weighted by molar-refractivity contribution is 7.99. The average molecular weight is 498 g/mol. The van der Waals surface area contributed by atoms with Gasteiger partial charge in [0.15, 0.2) is 11.0 Å². The third-order valence-electron chi connectivity index (χ3n) is 4.77. The van der Waals surface area contributed by atoms with Crippen molar-refractivity contribution < 1.29 is 14.1 Å². The molecule has 0 atom stereocenters. The number of non-ortho nitro benzene ring substituents is 1. The van der Waals surface area contributed by atoms with E-state index in [-0.39, 0.29) is 28.0 Å². The van der Waals surface area contributed by atoms with Crippen molar-refractivity contribution >= 4 is 40.6 Å². The van der Waals surface area contributed by atoms with Gasteiger partial charge >= 0.3 is 0 Å². The largest absolute Gasteiger partial charge is 0.324 e. The lowest BCUT2D eigenvalue weighted by Crippen LogP contribution is -2.15. The van der Waals surface area contributed by atoms with Crippen LogP contribution in [-0.4, -0.2) is 31.3 Å². The Morgan fingerprint density at radius 3 is 2.53 bits per heavy atom. The smallest absolute Gasteiger partial charge is 0.271 e. The third kappa shape index (κ3) is 5.59. The second kappa shape index (κ2) is 10.4. The maximum atomic E-state index is 13.4. The molecule has 0 saturated heterocycles. The van der Waals surface area contributed by atoms with E-state index in [1.807, 2.05) is 34.9 Å². The first-order chi connectivity index (χ1) is 16.4. The molecule has 34 heavy (non-hydrogen) atoms. The summed E-state index contributed by atoms with van der Waals surface area (Å²) in [4.78, 5) is 23.0. The Labute approximate surface area is 202 Å². The predicted molar refractivity (Wildman–Crippen MR) is 128 cm³/mol. The molecule has 8 nitrogen and oxygen atoms in total. The molecule has 3 aromatic carbocycles. The van der Waals surface area contributed by atoms with Crippen molar-refractivity contribution in [3.05, 3.63) is 99.3 Å². The number of nitrogens with zero attached hydrogens (tertiary/aromatic N) is 4. The van der Waals surface area contributed by atoms with Crippen LogP contribution in [0.3, 0.4) is 0 Å². The van der Waals surface area contributed by atoms with Crippen molar-refractivity contribution in [2.75, 3.05) is 11.1 Å². The standard InChI is InChI=1S/C23H17ClFN5O3S/c24-19-11-10-18(30(32)33)12-20(19)26-21(31)14-34-23-28-27-22(16-6-8-17(25)9-7-16)29(23)13-15-4-2-1-3-5-15/h1-12H,13-14H2,(H,26,31). The molecule has 0 aliphatic heterocycles. The van der Waals surface area contributed by atoms with Gasteiger partial charge in [-0.05, 0) is 35.9 Å². The van der Waals surface area contributed by atoms with Gasteiger partial charge < -0.3 is 5.32 Å². The number of thioether (sulfide) groups is 1. The van der Waals surface area contributed by atoms with Gasteiger partial charge in [0.25, 0.3) is 5.69 Å². The van der Waals surface area contributed by atoms with Crippen molar-refractivity contribution in [3.63, 3.8) is 0 Å². The zero-order chi connectivity index (χ0) is 24.1. The zero-order valence-electron chi connectivity index (χ0n) is 17.5. The first-order valence-electron chi connectivity index (χ1n) is 10.0. The molecule has 0 aliphatic rings. The maximum Gasteiger partial charge on any atom is 0.271 e. The lowest BCUT2D eigenvalue weighted by atomic mass is 10.2. The number of amides is 1. The number of hydrogen-bond acceptors (Lipinski definition) is 6. The van der Waals surface area contributed by atoms with Crippen LogP contribution < -0.4 is 5.32 Å². The Balaban J connectivity index is 1.54. The van der Waals surface area contributed by atoms with Gasteiger partial charge in [-0.15, -0.1) is 10.2 Å². The van der Waals surface area contributed by atoms with Crippen LogP contribution in [0, 0.1) is 15.9 Å². The highest BCUT2D eigenvalue weighted by Crippen LogP contribution is 2.28. The predicted octanol–water partition coefficient (Wildman–Crippen LogP) is 5.42. The molecule has 0 fully saturated rings. The van der Waals surface area contributed by atoms with Crippen molar-refractivity contribution in [2.24, 2.45) is 0 Å². The van der Waals surface area contributed by atoms with E-state index in [1.165, 1.54) is 30.3 Å². The molecule has 0 radical (unpaired) electrons. The number of aromatic nitrogens is 3. The van der Waals surface area contributed by atoms with E-state index in [0.29, 0.717) is 23.1 Å². The summed E-state index contributed by atoms with van der Waals surface area (Å²) in [7, 11) is 0. The van der Waals surface area contributed by atoms with Crippen LogP contribution in [0.5, 0.6) is 0 Å². The van der Waals surface area contributed by atoms with E-state index in [2.05, 4.69) is 15.5 Å². The molecule has 0 bridgehead atoms. The molecule has 1 amide bonds. The fourth-order valence-corrected chi connectivity index (χ4v) is 4.06. The molecule has 0 saturated carbocycles. The summed E-state index contributed by atoms with van der Waals surface area (Å²) in [6, 6.07) is 19.4. The molecule has 0 spiro atoms. The number of anilines is 1. The molecule has 172 valence electrons. The first-order valence-corrected chi connectivity index (χ1v) is 11.4. The zero-order valence-corrected chi connectivity index (χ0v) is 19.1. The number of benzene rings is 3. The summed E-state index contributed by atoms with van der Waals surface area (Å²) in [5.41, 5.74) is 1.66. The highest BCUT2D eigenvalue weighted by atomic mass is 35.5. The molecular weight excluding hydrogens is 481 g/mol. The van der Waals surface area contributed by atoms with Crippen LogP contribution >= 0.6 is 23.4 Å². The normalized spacial score (nSPS) is 10.8. The van der Waals surface area contributed by atoms with Gasteiger partial charge in [-0.25, -0.2) is 4.39 Å². The van der Waals surface area contributed by atoms with Gasteiger partial charge in [-0.2, -0.15) is 0 Å². The molecule has 11 heteroatoms. The van der Waals surface area contributed by atoms with Crippen molar-refractivity contribution in [1.29, 1.82) is 0 Å². The molecule has 0 unspecified atom stereocenters. The fraction of sp³-hybridized carbons (Fsp3) is 0.0870. The van der Waals surface area contributed by atoms with Crippen LogP contribution in [0.1, 0.15) is 5.56 Å². The van der Waals surface area contributed by atoms with Crippen LogP contribution in [0.25, 0.3) is 11.4 Å². The number of hydrogen-bond donors (Lipinski definition) is 1. The van der Waals surface area contributed by atoms with Gasteiger partial charge in [0, 0.05) is 17.7 Å². The average Bonchev–Trinajstić information content (AvgIpc) is 3.22. The summed E-state index contributed by atoms with van der Waals surface area (Å²) in [5, 5.41) is 22.8. The molecule has 1 N–H and O–H groups in total. The van der Waals surface area contributed by atoms with Gasteiger partial charge in [-0.3, -0.25) is 19.5 Å². The van der Waals surface area contributed by atoms with Crippen LogP contribution in [0.15, 0.2) is 78.0 Å². The fourth-order valence-electron chi connectivity index (χ4n) is 3.16. The van der Waals surface area contributed by atoms with Crippen LogP contribution in [-0.2, 0) is 11.3 Å². The topological polar surface area (TPSA) is 103 Å². The van der Waals surface area contributed by atoms with Crippen LogP contribution in [0.2, 0.25) is 5.02 Å². The van der Waals surface area contributed by atoms with Gasteiger partial charge in [-0.1, -0.05) is 53.7 Å². The lowest BCUT2D eigenvalue weighted by Gasteiger charge is -2.11. The van der Waals surface area contributed by atoms with Crippen molar-refractivity contribution in [1.82, 2.24) is 14.8 Å². The second-order valence-electron chi connectivity index (χ2n) is 7.14. The lowest BCUT2D eigenvalue weighted by molar-refractivity contribution is -0.384. The van der Waals surface area contributed by atoms with E-state index in [4.69, 9.17) is 11.6 Å². The number of carbonyl (C=O) groups is 1. The molecule has 0 aliphatic carbocycles. The molecule has 4 aromatic rings. The highest BCUT2D eigenvalue weighted by Gasteiger charge is 2.17. The van der Waals surface area contributed by atoms with E-state index >= 15 is 0 Å². The molecule has 4 rings (SSSR count). The molecule has 1 heterocycles. The van der Waals surface area contributed by atoms with Crippen molar-refractivity contribution in [3.8, 4) is 11.4 Å². The minimum atomic E-state index is -0.566. The van der Waals surface area contributed by atoms with E-state index in [0.717, 1.165) is 17.3 Å². The molecule has 1 aromatic heterocycles. The molecular formula is C23H17ClFN5O3S. The Bertz CT molecular complexity index is 1330. The maximum absolute atomic E-state index is 13.4. The number of carbonyl (C=O) groups excluding carboxylic acids is 1. The monoisotopic (exact) mass is 497 g/mol. The second-order valence-corrected chi connectivity index (χ2v) is 8.49. The summed E-state index contributed by atoms with van der Waals surface area (Å²) in [6.45, 7) is 0.446. The van der Waals surface area contributed by atoms with Crippen LogP contribution in [0.4, 0.5) is 15.8 Å². The minimum absolute atomic E-state index is 0.0324. The summed E-state index contributed by atoms with van der Waals surface area (Å²) in [6.07, 6.45) is 0. The van der Waals surface area contributed by atoms with Gasteiger partial charge in [0.2, 0.25) is 5.91 Å². The Kier molecular flexibility index (Phi) is 7.19. The number of nitro groups is 1. The minimum Gasteiger partial charge on any atom is -0.324 e. The van der Waals surface area contributed by atoms with E-state index < -0.39 is 10.8 Å². The SMILES string of the molecule is O=C(CSc1nnc(-c2ccc(F)cc2)n1Cc1ccccc1)Nc1cc([N+](=O)[O-])ccc1Cl. The summed E-state index contributed by atoms with van der Waals surface area (Å²) in [5.74, 6) is -0.266. The van der Waals surface area contributed by atoms with Gasteiger partial charge in [0.05, 0.1) is 27.9 Å². The van der Waals surface area contributed by atoms with Gasteiger partial charge in [0.1, 0.15) is 5.82 Å². The van der Waals surface area contributed by atoms with Crippen molar-refractivity contribution in [2.45, 2.75) is 11.7 Å². The number of rotatable bonds is 8. The Hall–Kier alpha value is -3.76. The Morgan fingerprint density at radius 1 is 1.09 bits per heavy atom. The van der Waals surface area contributed by atoms with E-state index in [1.54, 1.807) is 12.1 Å². The number of nitro benzene ring substituents is 1. The third-order valence-corrected chi connectivity index (χ3v) is 6.07. The summed E-state index contributed by atoms with van der Waals surface area (Å²) >= 11 is 7.22. The quantitative estimate of drug-likeness (QED) is 0.198. The van der Waals surface area contributed by atoms with E-state index in [9.17, 15) is 19.3 Å². The number of halogens is 2.